The molecule has 0 heterocycles. The van der Waals surface area contributed by atoms with E-state index in [2.05, 4.69) is 12.1 Å². The number of hydrogen-bond acceptors (Lipinski definition) is 1. The van der Waals surface area contributed by atoms with Crippen LogP contribution in [0.3, 0.4) is 0 Å². The van der Waals surface area contributed by atoms with Crippen molar-refractivity contribution in [1.82, 2.24) is 5.73 Å². The highest BCUT2D eigenvalue weighted by atomic mass is 16.1. The fourth-order valence-electron chi connectivity index (χ4n) is 2.37. The summed E-state index contributed by atoms with van der Waals surface area (Å²) in [5, 5.41) is 0. The van der Waals surface area contributed by atoms with E-state index in [1.165, 1.54) is 11.1 Å². The first-order valence-electron chi connectivity index (χ1n) is 5.23. The minimum atomic E-state index is -0.593. The minimum Gasteiger partial charge on any atom is -0.267 e. The van der Waals surface area contributed by atoms with Crippen LogP contribution in [0.2, 0.25) is 0 Å². The Kier molecular flexibility index (Phi) is 1.83. The lowest BCUT2D eigenvalue weighted by Gasteiger charge is -2.03. The molecule has 1 aliphatic carbocycles. The Balaban J connectivity index is 2.28. The molecule has 2 aromatic rings. The van der Waals surface area contributed by atoms with E-state index in [1.807, 2.05) is 24.3 Å². The molecule has 3 rings (SSSR count). The summed E-state index contributed by atoms with van der Waals surface area (Å²) in [5.74, 6) is -0.593. The zero-order valence-electron chi connectivity index (χ0n) is 8.66. The predicted molar refractivity (Wildman–Crippen MR) is 62.1 cm³/mol. The first-order valence-corrected chi connectivity index (χ1v) is 5.23. The number of carbonyl (C=O) groups excluding carboxylic acids is 1. The smallest absolute Gasteiger partial charge is 0.267 e. The number of fused-ring (bicyclic) bond motifs is 3. The van der Waals surface area contributed by atoms with E-state index in [0.29, 0.717) is 5.56 Å². The van der Waals surface area contributed by atoms with E-state index in [4.69, 9.17) is 5.73 Å². The molecule has 0 fully saturated rings. The van der Waals surface area contributed by atoms with Gasteiger partial charge < -0.3 is 0 Å². The van der Waals surface area contributed by atoms with Gasteiger partial charge in [-0.15, -0.1) is 0 Å². The normalized spacial score (nSPS) is 12.0. The molecule has 0 spiro atoms. The fraction of sp³-hybridized carbons (Fsp3) is 0.0714. The standard InChI is InChI=1S/C14H10NO/c15-14(16)12-7-3-6-11-10-5-2-1-4-9(10)8-13(11)12/h1-7,15H,8H2. The minimum absolute atomic E-state index is 0.536. The third kappa shape index (κ3) is 1.16. The number of rotatable bonds is 1. The van der Waals surface area contributed by atoms with Gasteiger partial charge in [-0.2, -0.15) is 0 Å². The summed E-state index contributed by atoms with van der Waals surface area (Å²) < 4.78 is 0. The van der Waals surface area contributed by atoms with Crippen LogP contribution in [0.4, 0.5) is 0 Å². The van der Waals surface area contributed by atoms with E-state index < -0.39 is 5.91 Å². The summed E-state index contributed by atoms with van der Waals surface area (Å²) in [6.45, 7) is 0. The van der Waals surface area contributed by atoms with Crippen molar-refractivity contribution >= 4 is 5.91 Å². The molecule has 1 amide bonds. The molecule has 0 saturated carbocycles. The van der Waals surface area contributed by atoms with E-state index in [-0.39, 0.29) is 0 Å². The number of amides is 1. The molecule has 77 valence electrons. The molecule has 1 radical (unpaired) electrons. The Morgan fingerprint density at radius 1 is 1.00 bits per heavy atom. The highest BCUT2D eigenvalue weighted by molar-refractivity contribution is 5.97. The summed E-state index contributed by atoms with van der Waals surface area (Å²) >= 11 is 0. The van der Waals surface area contributed by atoms with Crippen molar-refractivity contribution < 1.29 is 4.79 Å². The highest BCUT2D eigenvalue weighted by Crippen LogP contribution is 2.37. The van der Waals surface area contributed by atoms with Crippen LogP contribution in [0, 0.1) is 0 Å². The maximum Gasteiger partial charge on any atom is 0.270 e. The Hall–Kier alpha value is -2.09. The quantitative estimate of drug-likeness (QED) is 0.606. The molecular weight excluding hydrogens is 198 g/mol. The average molecular weight is 208 g/mol. The monoisotopic (exact) mass is 208 g/mol. The summed E-state index contributed by atoms with van der Waals surface area (Å²) in [6, 6.07) is 13.8. The van der Waals surface area contributed by atoms with Crippen LogP contribution in [-0.2, 0) is 6.42 Å². The molecule has 2 aromatic carbocycles. The van der Waals surface area contributed by atoms with Crippen LogP contribution in [-0.4, -0.2) is 5.91 Å². The summed E-state index contributed by atoms with van der Waals surface area (Å²) in [5.41, 5.74) is 12.3. The molecule has 0 saturated heterocycles. The van der Waals surface area contributed by atoms with Crippen molar-refractivity contribution in [3.05, 3.63) is 59.2 Å². The lowest BCUT2D eigenvalue weighted by Crippen LogP contribution is -2.03. The van der Waals surface area contributed by atoms with E-state index in [9.17, 15) is 4.79 Å². The maximum absolute atomic E-state index is 11.2. The molecular formula is C14H10NO. The third-order valence-electron chi connectivity index (χ3n) is 3.10. The van der Waals surface area contributed by atoms with Crippen molar-refractivity contribution in [3.8, 4) is 11.1 Å². The van der Waals surface area contributed by atoms with Gasteiger partial charge in [0.05, 0.1) is 0 Å². The Morgan fingerprint density at radius 3 is 2.56 bits per heavy atom. The van der Waals surface area contributed by atoms with E-state index >= 15 is 0 Å². The molecule has 1 N–H and O–H groups in total. The van der Waals surface area contributed by atoms with Gasteiger partial charge in [0.25, 0.3) is 5.91 Å². The second kappa shape index (κ2) is 3.20. The van der Waals surface area contributed by atoms with Crippen molar-refractivity contribution in [3.63, 3.8) is 0 Å². The van der Waals surface area contributed by atoms with Crippen molar-refractivity contribution in [2.75, 3.05) is 0 Å². The predicted octanol–water partition coefficient (Wildman–Crippen LogP) is 2.68. The van der Waals surface area contributed by atoms with Gasteiger partial charge in [-0.1, -0.05) is 36.4 Å². The lowest BCUT2D eigenvalue weighted by molar-refractivity contribution is 0.0991. The average Bonchev–Trinajstić information content (AvgIpc) is 2.67. The zero-order valence-corrected chi connectivity index (χ0v) is 8.66. The van der Waals surface area contributed by atoms with Crippen LogP contribution < -0.4 is 5.73 Å². The van der Waals surface area contributed by atoms with Crippen LogP contribution in [0.25, 0.3) is 11.1 Å². The summed E-state index contributed by atoms with van der Waals surface area (Å²) in [7, 11) is 0. The molecule has 2 nitrogen and oxygen atoms in total. The van der Waals surface area contributed by atoms with Crippen LogP contribution in [0.5, 0.6) is 0 Å². The number of benzene rings is 2. The first kappa shape index (κ1) is 9.16. The molecule has 0 aliphatic heterocycles. The first-order chi connectivity index (χ1) is 7.77. The van der Waals surface area contributed by atoms with Gasteiger partial charge in [-0.25, -0.2) is 0 Å². The number of hydrogen-bond donors (Lipinski definition) is 0. The molecule has 16 heavy (non-hydrogen) atoms. The van der Waals surface area contributed by atoms with E-state index in [0.717, 1.165) is 17.5 Å². The molecule has 0 aromatic heterocycles. The molecule has 0 atom stereocenters. The van der Waals surface area contributed by atoms with Gasteiger partial charge in [0, 0.05) is 5.56 Å². The van der Waals surface area contributed by atoms with Crippen LogP contribution in [0.1, 0.15) is 21.5 Å². The van der Waals surface area contributed by atoms with Gasteiger partial charge in [-0.3, -0.25) is 10.5 Å². The van der Waals surface area contributed by atoms with Crippen LogP contribution >= 0.6 is 0 Å². The largest absolute Gasteiger partial charge is 0.270 e. The second-order valence-corrected chi connectivity index (χ2v) is 3.99. The molecule has 1 aliphatic rings. The van der Waals surface area contributed by atoms with Crippen molar-refractivity contribution in [2.45, 2.75) is 6.42 Å². The zero-order chi connectivity index (χ0) is 11.1. The van der Waals surface area contributed by atoms with Gasteiger partial charge in [-0.05, 0) is 34.7 Å². The number of carbonyl (C=O) groups is 1. The third-order valence-corrected chi connectivity index (χ3v) is 3.10. The SMILES string of the molecule is [NH]C(=O)c1cccc2c1Cc1ccccc1-2. The van der Waals surface area contributed by atoms with Gasteiger partial charge in [0.15, 0.2) is 0 Å². The highest BCUT2D eigenvalue weighted by Gasteiger charge is 2.22. The molecule has 2 heteroatoms. The van der Waals surface area contributed by atoms with Crippen molar-refractivity contribution in [2.24, 2.45) is 0 Å². The fourth-order valence-corrected chi connectivity index (χ4v) is 2.37. The second-order valence-electron chi connectivity index (χ2n) is 3.99. The van der Waals surface area contributed by atoms with Gasteiger partial charge in [0.2, 0.25) is 0 Å². The van der Waals surface area contributed by atoms with Crippen LogP contribution in [0.15, 0.2) is 42.5 Å². The summed E-state index contributed by atoms with van der Waals surface area (Å²) in [4.78, 5) is 11.2. The number of nitrogens with one attached hydrogen (secondary N) is 1. The summed E-state index contributed by atoms with van der Waals surface area (Å²) in [6.07, 6.45) is 0.770. The topological polar surface area (TPSA) is 40.9 Å². The Labute approximate surface area is 93.7 Å². The molecule has 0 bridgehead atoms. The van der Waals surface area contributed by atoms with E-state index in [1.54, 1.807) is 6.07 Å². The van der Waals surface area contributed by atoms with Crippen molar-refractivity contribution in [1.29, 1.82) is 0 Å². The van der Waals surface area contributed by atoms with Gasteiger partial charge in [0.1, 0.15) is 0 Å². The van der Waals surface area contributed by atoms with Gasteiger partial charge >= 0.3 is 0 Å². The Morgan fingerprint density at radius 2 is 1.75 bits per heavy atom. The maximum atomic E-state index is 11.2. The Bertz CT molecular complexity index is 587. The lowest BCUT2D eigenvalue weighted by atomic mass is 10.0. The molecule has 0 unspecified atom stereocenters.